The van der Waals surface area contributed by atoms with Crippen molar-refractivity contribution in [2.75, 3.05) is 26.3 Å². The van der Waals surface area contributed by atoms with Crippen LogP contribution in [0, 0.1) is 6.92 Å². The number of halogens is 1. The molecule has 5 rings (SSSR count). The van der Waals surface area contributed by atoms with Gasteiger partial charge >= 0.3 is 0 Å². The minimum atomic E-state index is -3.55. The lowest BCUT2D eigenvalue weighted by atomic mass is 10.2. The molecule has 4 aromatic rings. The lowest BCUT2D eigenvalue weighted by Crippen LogP contribution is -2.40. The number of hydrogen-bond donors (Lipinski definition) is 0. The Morgan fingerprint density at radius 3 is 2.39 bits per heavy atom. The summed E-state index contributed by atoms with van der Waals surface area (Å²) in [4.78, 5) is 6.82. The number of rotatable bonds is 6. The van der Waals surface area contributed by atoms with Gasteiger partial charge in [-0.1, -0.05) is 28.1 Å². The Labute approximate surface area is 226 Å². The van der Waals surface area contributed by atoms with Crippen LogP contribution in [0.4, 0.5) is 5.69 Å². The second-order valence-electron chi connectivity index (χ2n) is 8.06. The van der Waals surface area contributed by atoms with Crippen molar-refractivity contribution in [2.24, 2.45) is 10.1 Å². The summed E-state index contributed by atoms with van der Waals surface area (Å²) in [5.74, 6) is 0. The van der Waals surface area contributed by atoms with Gasteiger partial charge in [-0.3, -0.25) is 0 Å². The molecule has 0 unspecified atom stereocenters. The van der Waals surface area contributed by atoms with Crippen LogP contribution < -0.4 is 4.80 Å². The lowest BCUT2D eigenvalue weighted by Gasteiger charge is -2.26. The molecule has 0 amide bonds. The molecule has 1 saturated heterocycles. The second kappa shape index (κ2) is 10.9. The molecule has 186 valence electrons. The summed E-state index contributed by atoms with van der Waals surface area (Å²) < 4.78 is 35.4. The zero-order valence-electron chi connectivity index (χ0n) is 19.4. The smallest absolute Gasteiger partial charge is 0.243 e. The number of morpholine rings is 1. The highest BCUT2D eigenvalue weighted by Crippen LogP contribution is 2.24. The van der Waals surface area contributed by atoms with E-state index >= 15 is 0 Å². The average molecular weight is 604 g/mol. The topological polar surface area (TPSA) is 76.3 Å². The Balaban J connectivity index is 1.52. The molecule has 0 saturated carbocycles. The molecule has 2 aromatic heterocycles. The second-order valence-corrected chi connectivity index (χ2v) is 12.7. The number of thiophene rings is 1. The van der Waals surface area contributed by atoms with Gasteiger partial charge in [-0.25, -0.2) is 18.1 Å². The maximum atomic E-state index is 12.9. The maximum absolute atomic E-state index is 12.9. The van der Waals surface area contributed by atoms with Gasteiger partial charge in [0, 0.05) is 28.5 Å². The molecule has 2 aromatic carbocycles. The van der Waals surface area contributed by atoms with Crippen molar-refractivity contribution in [3.05, 3.63) is 85.1 Å². The molecule has 0 aliphatic carbocycles. The standard InChI is InChI=1S/C25H23BrN4O3S3/c1-18-10-15-34-24(18)16-27-30-23(19-2-4-20(26)5-3-19)17-35-25(30)28-21-6-8-22(9-7-21)36(31,32)29-11-13-33-14-12-29/h2-10,15-17H,11-14H2,1H3. The van der Waals surface area contributed by atoms with Gasteiger partial charge in [-0.05, 0) is 60.3 Å². The van der Waals surface area contributed by atoms with Gasteiger partial charge in [-0.15, -0.1) is 22.7 Å². The molecule has 1 aliphatic rings. The summed E-state index contributed by atoms with van der Waals surface area (Å²) in [5, 5.41) is 8.84. The SMILES string of the molecule is Cc1ccsc1C=Nn1c(-c2ccc(Br)cc2)csc1=Nc1ccc(S(=O)(=O)N2CCOCC2)cc1. The third kappa shape index (κ3) is 5.46. The van der Waals surface area contributed by atoms with Gasteiger partial charge in [0.2, 0.25) is 14.8 Å². The van der Waals surface area contributed by atoms with Crippen molar-refractivity contribution in [3.8, 4) is 11.3 Å². The lowest BCUT2D eigenvalue weighted by molar-refractivity contribution is 0.0730. The largest absolute Gasteiger partial charge is 0.379 e. The number of hydrogen-bond acceptors (Lipinski definition) is 7. The first-order valence-electron chi connectivity index (χ1n) is 11.2. The van der Waals surface area contributed by atoms with E-state index in [0.717, 1.165) is 20.6 Å². The Morgan fingerprint density at radius 1 is 1.00 bits per heavy atom. The van der Waals surface area contributed by atoms with E-state index in [1.807, 2.05) is 45.9 Å². The Morgan fingerprint density at radius 2 is 1.72 bits per heavy atom. The van der Waals surface area contributed by atoms with Gasteiger partial charge in [0.1, 0.15) is 0 Å². The third-order valence-electron chi connectivity index (χ3n) is 5.69. The number of sulfonamides is 1. The van der Waals surface area contributed by atoms with Gasteiger partial charge < -0.3 is 4.74 Å². The first-order chi connectivity index (χ1) is 17.4. The highest BCUT2D eigenvalue weighted by atomic mass is 79.9. The first kappa shape index (κ1) is 25.2. The van der Waals surface area contributed by atoms with Crippen molar-refractivity contribution in [1.82, 2.24) is 8.98 Å². The zero-order chi connectivity index (χ0) is 25.1. The molecule has 36 heavy (non-hydrogen) atoms. The van der Waals surface area contributed by atoms with Crippen LogP contribution >= 0.6 is 38.6 Å². The normalized spacial score (nSPS) is 15.7. The number of thiazole rings is 1. The monoisotopic (exact) mass is 602 g/mol. The fourth-order valence-electron chi connectivity index (χ4n) is 3.67. The molecule has 1 aliphatic heterocycles. The van der Waals surface area contributed by atoms with Gasteiger partial charge in [0.05, 0.1) is 40.6 Å². The summed E-state index contributed by atoms with van der Waals surface area (Å²) in [6, 6.07) is 16.8. The van der Waals surface area contributed by atoms with Crippen molar-refractivity contribution >= 4 is 60.5 Å². The van der Waals surface area contributed by atoms with Crippen LogP contribution in [0.15, 0.2) is 84.8 Å². The van der Waals surface area contributed by atoms with E-state index in [1.54, 1.807) is 35.6 Å². The predicted octanol–water partition coefficient (Wildman–Crippen LogP) is 5.48. The van der Waals surface area contributed by atoms with Gasteiger partial charge in [-0.2, -0.15) is 9.41 Å². The minimum absolute atomic E-state index is 0.254. The molecule has 0 atom stereocenters. The number of aryl methyl sites for hydroxylation is 1. The number of ether oxygens (including phenoxy) is 1. The highest BCUT2D eigenvalue weighted by Gasteiger charge is 2.26. The highest BCUT2D eigenvalue weighted by molar-refractivity contribution is 9.10. The molecule has 0 bridgehead atoms. The number of aromatic nitrogens is 1. The Hall–Kier alpha value is -2.41. The van der Waals surface area contributed by atoms with Crippen LogP contribution in [0.3, 0.4) is 0 Å². The molecular formula is C25H23BrN4O3S3. The van der Waals surface area contributed by atoms with Crippen LogP contribution in [0.5, 0.6) is 0 Å². The van der Waals surface area contributed by atoms with Crippen molar-refractivity contribution < 1.29 is 13.2 Å². The molecule has 0 N–H and O–H groups in total. The van der Waals surface area contributed by atoms with E-state index in [4.69, 9.17) is 14.8 Å². The summed E-state index contributed by atoms with van der Waals surface area (Å²) >= 11 is 6.61. The fourth-order valence-corrected chi connectivity index (χ4v) is 6.98. The minimum Gasteiger partial charge on any atom is -0.379 e. The van der Waals surface area contributed by atoms with Crippen LogP contribution in [0.2, 0.25) is 0 Å². The van der Waals surface area contributed by atoms with E-state index in [2.05, 4.69) is 28.9 Å². The van der Waals surface area contributed by atoms with E-state index in [1.165, 1.54) is 21.2 Å². The van der Waals surface area contributed by atoms with E-state index in [0.29, 0.717) is 36.8 Å². The van der Waals surface area contributed by atoms with Crippen LogP contribution in [0.25, 0.3) is 11.3 Å². The first-order valence-corrected chi connectivity index (χ1v) is 15.2. The van der Waals surface area contributed by atoms with Crippen molar-refractivity contribution in [1.29, 1.82) is 0 Å². The van der Waals surface area contributed by atoms with E-state index in [-0.39, 0.29) is 4.90 Å². The average Bonchev–Trinajstić information content (AvgIpc) is 3.49. The summed E-state index contributed by atoms with van der Waals surface area (Å²) in [5.41, 5.74) is 3.75. The van der Waals surface area contributed by atoms with E-state index < -0.39 is 10.0 Å². The quantitative estimate of drug-likeness (QED) is 0.274. The summed E-state index contributed by atoms with van der Waals surface area (Å²) in [6.07, 6.45) is 1.85. The summed E-state index contributed by atoms with van der Waals surface area (Å²) in [6.45, 7) is 3.62. The summed E-state index contributed by atoms with van der Waals surface area (Å²) in [7, 11) is -3.55. The van der Waals surface area contributed by atoms with Crippen LogP contribution in [0.1, 0.15) is 10.4 Å². The van der Waals surface area contributed by atoms with E-state index in [9.17, 15) is 8.42 Å². The number of benzene rings is 2. The van der Waals surface area contributed by atoms with Crippen LogP contribution in [-0.2, 0) is 14.8 Å². The van der Waals surface area contributed by atoms with Crippen LogP contribution in [-0.4, -0.2) is 49.9 Å². The molecular weight excluding hydrogens is 580 g/mol. The Kier molecular flexibility index (Phi) is 7.65. The molecule has 0 spiro atoms. The van der Waals surface area contributed by atoms with Gasteiger partial charge in [0.25, 0.3) is 0 Å². The maximum Gasteiger partial charge on any atom is 0.243 e. The van der Waals surface area contributed by atoms with Gasteiger partial charge in [0.15, 0.2) is 0 Å². The van der Waals surface area contributed by atoms with Crippen molar-refractivity contribution in [2.45, 2.75) is 11.8 Å². The zero-order valence-corrected chi connectivity index (χ0v) is 23.4. The van der Waals surface area contributed by atoms with Crippen molar-refractivity contribution in [3.63, 3.8) is 0 Å². The fraction of sp³-hybridized carbons (Fsp3) is 0.200. The Bertz CT molecular complexity index is 1550. The molecule has 7 nitrogen and oxygen atoms in total. The molecule has 1 fully saturated rings. The molecule has 0 radical (unpaired) electrons. The third-order valence-corrected chi connectivity index (χ3v) is 9.90. The molecule has 11 heteroatoms. The number of nitrogens with zero attached hydrogens (tertiary/aromatic N) is 4. The molecule has 3 heterocycles. The predicted molar refractivity (Wildman–Crippen MR) is 149 cm³/mol.